The molecular weight excluding hydrogens is 348 g/mol. The molecule has 1 fully saturated rings. The lowest BCUT2D eigenvalue weighted by Crippen LogP contribution is -2.51. The second-order valence-corrected chi connectivity index (χ2v) is 10.0. The average molecular weight is 385 g/mol. The first-order valence-electron chi connectivity index (χ1n) is 10.9. The Labute approximate surface area is 169 Å². The van der Waals surface area contributed by atoms with Gasteiger partial charge in [0.1, 0.15) is 12.1 Å². The van der Waals surface area contributed by atoms with Gasteiger partial charge >= 0.3 is 0 Å². The summed E-state index contributed by atoms with van der Waals surface area (Å²) >= 11 is 0. The van der Waals surface area contributed by atoms with Crippen LogP contribution in [-0.2, 0) is 27.9 Å². The minimum atomic E-state index is -0.332. The van der Waals surface area contributed by atoms with E-state index in [1.807, 2.05) is 7.11 Å². The van der Waals surface area contributed by atoms with Crippen molar-refractivity contribution < 1.29 is 9.47 Å². The van der Waals surface area contributed by atoms with Crippen LogP contribution in [0, 0.1) is 23.2 Å². The number of fused-ring (bicyclic) bond motifs is 3. The molecule has 3 unspecified atom stereocenters. The van der Waals surface area contributed by atoms with Crippen LogP contribution in [0.5, 0.6) is 0 Å². The fourth-order valence-electron chi connectivity index (χ4n) is 6.47. The molecule has 4 heteroatoms. The summed E-state index contributed by atoms with van der Waals surface area (Å²) in [4.78, 5) is 5.03. The third-order valence-corrected chi connectivity index (χ3v) is 7.59. The maximum atomic E-state index is 6.10. The number of rotatable bonds is 4. The molecule has 1 aromatic carbocycles. The van der Waals surface area contributed by atoms with E-state index in [4.69, 9.17) is 20.2 Å². The molecular formula is C24H36N2O2. The molecule has 0 saturated heterocycles. The minimum absolute atomic E-state index is 0.0704. The van der Waals surface area contributed by atoms with Gasteiger partial charge < -0.3 is 15.2 Å². The molecule has 154 valence electrons. The fourth-order valence-corrected chi connectivity index (χ4v) is 6.47. The molecule has 0 bridgehead atoms. The van der Waals surface area contributed by atoms with Crippen LogP contribution in [0.25, 0.3) is 0 Å². The first kappa shape index (κ1) is 19.8. The van der Waals surface area contributed by atoms with Crippen LogP contribution >= 0.6 is 0 Å². The normalized spacial score (nSPS) is 36.8. The zero-order valence-corrected chi connectivity index (χ0v) is 18.1. The Morgan fingerprint density at radius 3 is 2.54 bits per heavy atom. The van der Waals surface area contributed by atoms with E-state index in [0.717, 1.165) is 25.7 Å². The molecule has 1 aromatic rings. The Bertz CT molecular complexity index is 760. The van der Waals surface area contributed by atoms with Gasteiger partial charge in [0.2, 0.25) is 0 Å². The van der Waals surface area contributed by atoms with E-state index >= 15 is 0 Å². The van der Waals surface area contributed by atoms with Gasteiger partial charge in [0.25, 0.3) is 6.02 Å². The van der Waals surface area contributed by atoms with Crippen LogP contribution in [0.2, 0.25) is 0 Å². The zero-order valence-electron chi connectivity index (χ0n) is 18.1. The average Bonchev–Trinajstić information content (AvgIpc) is 3.13. The molecule has 2 aliphatic carbocycles. The van der Waals surface area contributed by atoms with Gasteiger partial charge in [0.15, 0.2) is 0 Å². The first-order valence-corrected chi connectivity index (χ1v) is 10.9. The maximum absolute atomic E-state index is 6.10. The van der Waals surface area contributed by atoms with Gasteiger partial charge in [0.05, 0.1) is 6.10 Å². The predicted molar refractivity (Wildman–Crippen MR) is 113 cm³/mol. The molecule has 2 spiro atoms. The second-order valence-electron chi connectivity index (χ2n) is 10.0. The summed E-state index contributed by atoms with van der Waals surface area (Å²) in [7, 11) is 1.85. The van der Waals surface area contributed by atoms with Crippen LogP contribution in [0.1, 0.15) is 63.6 Å². The number of nitrogens with two attached hydrogens (primary N) is 1. The minimum Gasteiger partial charge on any atom is -0.462 e. The molecule has 1 heterocycles. The van der Waals surface area contributed by atoms with Gasteiger partial charge in [-0.25, -0.2) is 4.99 Å². The molecule has 4 rings (SSSR count). The Morgan fingerprint density at radius 1 is 1.25 bits per heavy atom. The lowest BCUT2D eigenvalue weighted by Gasteiger charge is -2.50. The number of aliphatic imine (C=N–C) groups is 1. The lowest BCUT2D eigenvalue weighted by atomic mass is 9.57. The number of ether oxygens (including phenoxy) is 2. The molecule has 28 heavy (non-hydrogen) atoms. The van der Waals surface area contributed by atoms with E-state index in [2.05, 4.69) is 45.9 Å². The summed E-state index contributed by atoms with van der Waals surface area (Å²) < 4.78 is 11.7. The predicted octanol–water partition coefficient (Wildman–Crippen LogP) is 4.44. The number of hydrogen-bond donors (Lipinski definition) is 1. The Balaban J connectivity index is 1.75. The second kappa shape index (κ2) is 7.05. The van der Waals surface area contributed by atoms with Crippen molar-refractivity contribution in [2.45, 2.75) is 71.4 Å². The molecule has 2 N–H and O–H groups in total. The van der Waals surface area contributed by atoms with Crippen molar-refractivity contribution in [2.24, 2.45) is 33.9 Å². The number of hydrogen-bond acceptors (Lipinski definition) is 4. The first-order chi connectivity index (χ1) is 13.3. The molecule has 1 saturated carbocycles. The van der Waals surface area contributed by atoms with Crippen LogP contribution in [-0.4, -0.2) is 25.8 Å². The number of amidine groups is 1. The van der Waals surface area contributed by atoms with Crippen molar-refractivity contribution >= 4 is 6.02 Å². The topological polar surface area (TPSA) is 56.8 Å². The largest absolute Gasteiger partial charge is 0.462 e. The number of benzene rings is 1. The SMILES string of the molecule is COC1[C@H](C)CC2(Cc3ccc(CCC(C)C)cc3C23COC(N)=N3)C[C@@H]1C. The van der Waals surface area contributed by atoms with Crippen LogP contribution < -0.4 is 5.73 Å². The molecule has 0 aromatic heterocycles. The van der Waals surface area contributed by atoms with Crippen molar-refractivity contribution in [3.63, 3.8) is 0 Å². The summed E-state index contributed by atoms with van der Waals surface area (Å²) in [5, 5.41) is 0. The fraction of sp³-hybridized carbons (Fsp3) is 0.708. The highest BCUT2D eigenvalue weighted by atomic mass is 16.5. The van der Waals surface area contributed by atoms with Crippen LogP contribution in [0.3, 0.4) is 0 Å². The molecule has 1 aliphatic heterocycles. The van der Waals surface area contributed by atoms with E-state index in [9.17, 15) is 0 Å². The van der Waals surface area contributed by atoms with Gasteiger partial charge in [0, 0.05) is 12.5 Å². The van der Waals surface area contributed by atoms with E-state index in [0.29, 0.717) is 36.5 Å². The van der Waals surface area contributed by atoms with E-state index in [-0.39, 0.29) is 11.0 Å². The third-order valence-electron chi connectivity index (χ3n) is 7.59. The number of methoxy groups -OCH3 is 1. The van der Waals surface area contributed by atoms with E-state index < -0.39 is 0 Å². The lowest BCUT2D eigenvalue weighted by molar-refractivity contribution is -0.0779. The molecule has 4 nitrogen and oxygen atoms in total. The van der Waals surface area contributed by atoms with Crippen molar-refractivity contribution in [1.29, 1.82) is 0 Å². The van der Waals surface area contributed by atoms with Gasteiger partial charge in [-0.3, -0.25) is 0 Å². The molecule has 0 amide bonds. The summed E-state index contributed by atoms with van der Waals surface area (Å²) in [5.74, 6) is 1.71. The summed E-state index contributed by atoms with van der Waals surface area (Å²) in [6, 6.07) is 7.44. The standard InChI is InChI=1S/C24H36N2O2/c1-15(2)6-7-18-8-9-19-13-23(11-16(3)21(27-5)17(4)12-23)24(20(19)10-18)14-28-22(25)26-24/h8-10,15-17,21H,6-7,11-14H2,1-5H3,(H2,25,26)/t16-,17+,21?,23?,24?. The van der Waals surface area contributed by atoms with E-state index in [1.165, 1.54) is 23.1 Å². The van der Waals surface area contributed by atoms with Gasteiger partial charge in [-0.1, -0.05) is 45.9 Å². The zero-order chi connectivity index (χ0) is 20.1. The molecule has 0 radical (unpaired) electrons. The smallest absolute Gasteiger partial charge is 0.283 e. The highest BCUT2D eigenvalue weighted by Gasteiger charge is 2.63. The summed E-state index contributed by atoms with van der Waals surface area (Å²) in [6.07, 6.45) is 5.92. The summed E-state index contributed by atoms with van der Waals surface area (Å²) in [5.41, 5.74) is 10.1. The summed E-state index contributed by atoms with van der Waals surface area (Å²) in [6.45, 7) is 9.82. The maximum Gasteiger partial charge on any atom is 0.283 e. The van der Waals surface area contributed by atoms with Crippen LogP contribution in [0.15, 0.2) is 23.2 Å². The van der Waals surface area contributed by atoms with Gasteiger partial charge in [-0.05, 0) is 66.5 Å². The third kappa shape index (κ3) is 2.96. The Kier molecular flexibility index (Phi) is 4.97. The van der Waals surface area contributed by atoms with Gasteiger partial charge in [-0.15, -0.1) is 0 Å². The Hall–Kier alpha value is -1.55. The Morgan fingerprint density at radius 2 is 1.96 bits per heavy atom. The van der Waals surface area contributed by atoms with Crippen molar-refractivity contribution in [2.75, 3.05) is 13.7 Å². The molecule has 5 atom stereocenters. The van der Waals surface area contributed by atoms with Crippen molar-refractivity contribution in [3.05, 3.63) is 34.9 Å². The molecule has 3 aliphatic rings. The van der Waals surface area contributed by atoms with Crippen molar-refractivity contribution in [3.8, 4) is 0 Å². The van der Waals surface area contributed by atoms with Crippen molar-refractivity contribution in [1.82, 2.24) is 0 Å². The highest BCUT2D eigenvalue weighted by Crippen LogP contribution is 2.63. The van der Waals surface area contributed by atoms with E-state index in [1.54, 1.807) is 0 Å². The van der Waals surface area contributed by atoms with Crippen LogP contribution in [0.4, 0.5) is 0 Å². The van der Waals surface area contributed by atoms with Gasteiger partial charge in [-0.2, -0.15) is 0 Å². The quantitative estimate of drug-likeness (QED) is 0.835. The number of aryl methyl sites for hydroxylation is 1. The highest BCUT2D eigenvalue weighted by molar-refractivity contribution is 5.75. The monoisotopic (exact) mass is 384 g/mol. The number of nitrogens with zero attached hydrogens (tertiary/aromatic N) is 1.